The average Bonchev–Trinajstić information content (AvgIpc) is 2.99. The molecule has 0 saturated heterocycles. The van der Waals surface area contributed by atoms with Crippen LogP contribution in [-0.4, -0.2) is 6.10 Å². The third kappa shape index (κ3) is 7.18. The van der Waals surface area contributed by atoms with Gasteiger partial charge in [-0.15, -0.1) is 0 Å². The van der Waals surface area contributed by atoms with Gasteiger partial charge in [-0.25, -0.2) is 0 Å². The van der Waals surface area contributed by atoms with E-state index in [1.165, 1.54) is 54.1 Å². The zero-order chi connectivity index (χ0) is 26.9. The zero-order valence-corrected chi connectivity index (χ0v) is 24.2. The number of rotatable bonds is 13. The topological polar surface area (TPSA) is 18.5 Å². The minimum absolute atomic E-state index is 0.0843. The van der Waals surface area contributed by atoms with Gasteiger partial charge in [-0.2, -0.15) is 0 Å². The van der Waals surface area contributed by atoms with Crippen LogP contribution in [0, 0.1) is 0 Å². The summed E-state index contributed by atoms with van der Waals surface area (Å²) in [5, 5.41) is 1.18. The molecule has 0 radical (unpaired) electrons. The van der Waals surface area contributed by atoms with E-state index in [1.54, 1.807) is 0 Å². The molecule has 0 aliphatic carbocycles. The lowest BCUT2D eigenvalue weighted by Crippen LogP contribution is -2.23. The largest absolute Gasteiger partial charge is 0.443 e. The Bertz CT molecular complexity index is 1290. The summed E-state index contributed by atoms with van der Waals surface area (Å²) in [5.74, 6) is 1.80. The SMILES string of the molecule is CCCCCCC(CC(CC(C)c1ccccc1)OP1Oc2ccccc2-c2ccccc21)c1ccccc1. The highest BCUT2D eigenvalue weighted by Gasteiger charge is 2.32. The fourth-order valence-corrected chi connectivity index (χ4v) is 7.39. The van der Waals surface area contributed by atoms with Gasteiger partial charge in [0.25, 0.3) is 8.38 Å². The molecule has 4 aromatic carbocycles. The van der Waals surface area contributed by atoms with Crippen molar-refractivity contribution in [2.75, 3.05) is 0 Å². The molecule has 0 aromatic heterocycles. The van der Waals surface area contributed by atoms with Crippen molar-refractivity contribution in [2.45, 2.75) is 76.7 Å². The lowest BCUT2D eigenvalue weighted by molar-refractivity contribution is 0.167. The molecule has 4 atom stereocenters. The van der Waals surface area contributed by atoms with Crippen LogP contribution in [0.1, 0.15) is 81.8 Å². The van der Waals surface area contributed by atoms with E-state index >= 15 is 0 Å². The van der Waals surface area contributed by atoms with Crippen molar-refractivity contribution in [3.63, 3.8) is 0 Å². The Labute approximate surface area is 236 Å². The number of hydrogen-bond donors (Lipinski definition) is 0. The monoisotopic (exact) mass is 536 g/mol. The quantitative estimate of drug-likeness (QED) is 0.125. The molecular formula is C36H41O2P. The second-order valence-electron chi connectivity index (χ2n) is 10.8. The summed E-state index contributed by atoms with van der Waals surface area (Å²) >= 11 is 0. The van der Waals surface area contributed by atoms with E-state index in [0.29, 0.717) is 11.8 Å². The first-order chi connectivity index (χ1) is 19.2. The van der Waals surface area contributed by atoms with Gasteiger partial charge in [0.2, 0.25) is 0 Å². The van der Waals surface area contributed by atoms with E-state index in [4.69, 9.17) is 9.05 Å². The van der Waals surface area contributed by atoms with Gasteiger partial charge in [-0.3, -0.25) is 0 Å². The molecule has 4 unspecified atom stereocenters. The number of unbranched alkanes of at least 4 members (excludes halogenated alkanes) is 3. The Morgan fingerprint density at radius 3 is 2.05 bits per heavy atom. The molecule has 2 nitrogen and oxygen atoms in total. The summed E-state index contributed by atoms with van der Waals surface area (Å²) < 4.78 is 13.7. The molecule has 0 amide bonds. The van der Waals surface area contributed by atoms with E-state index in [2.05, 4.69) is 123 Å². The van der Waals surface area contributed by atoms with Gasteiger partial charge in [-0.1, -0.05) is 137 Å². The third-order valence-corrected chi connectivity index (χ3v) is 9.55. The molecule has 0 bridgehead atoms. The zero-order valence-electron chi connectivity index (χ0n) is 23.3. The average molecular weight is 537 g/mol. The van der Waals surface area contributed by atoms with E-state index in [1.807, 2.05) is 0 Å². The molecule has 0 saturated carbocycles. The first-order valence-corrected chi connectivity index (χ1v) is 15.8. The van der Waals surface area contributed by atoms with Gasteiger partial charge in [-0.05, 0) is 59.9 Å². The fraction of sp³-hybridized carbons (Fsp3) is 0.333. The fourth-order valence-electron chi connectivity index (χ4n) is 5.76. The van der Waals surface area contributed by atoms with Crippen LogP contribution in [0.5, 0.6) is 5.75 Å². The molecule has 202 valence electrons. The Balaban J connectivity index is 1.42. The van der Waals surface area contributed by atoms with E-state index in [-0.39, 0.29) is 6.10 Å². The highest BCUT2D eigenvalue weighted by Crippen LogP contribution is 2.51. The van der Waals surface area contributed by atoms with E-state index < -0.39 is 8.38 Å². The van der Waals surface area contributed by atoms with Crippen LogP contribution in [0.2, 0.25) is 0 Å². The van der Waals surface area contributed by atoms with Gasteiger partial charge in [0, 0.05) is 5.56 Å². The van der Waals surface area contributed by atoms with Crippen LogP contribution < -0.4 is 9.83 Å². The van der Waals surface area contributed by atoms with Gasteiger partial charge < -0.3 is 9.05 Å². The third-order valence-electron chi connectivity index (χ3n) is 7.91. The normalized spacial score (nSPS) is 16.4. The highest BCUT2D eigenvalue weighted by atomic mass is 31.2. The Hall–Kier alpha value is -2.93. The molecule has 1 heterocycles. The molecule has 0 fully saturated rings. The standard InChI is InChI=1S/C36H41O2P/c1-3-4-5-8-21-31(30-19-11-7-12-20-30)27-32(26-28(2)29-17-9-6-10-18-29)37-39-36-25-16-14-23-34(36)33-22-13-15-24-35(33)38-39/h6-7,9-20,22-25,28,31-32H,3-5,8,21,26-27H2,1-2H3. The molecule has 3 heteroatoms. The van der Waals surface area contributed by atoms with Crippen molar-refractivity contribution >= 4 is 13.7 Å². The Kier molecular flexibility index (Phi) is 9.86. The first kappa shape index (κ1) is 27.6. The number of benzene rings is 4. The van der Waals surface area contributed by atoms with Crippen molar-refractivity contribution in [1.29, 1.82) is 0 Å². The maximum atomic E-state index is 7.09. The molecule has 0 N–H and O–H groups in total. The van der Waals surface area contributed by atoms with Crippen molar-refractivity contribution < 1.29 is 9.05 Å². The van der Waals surface area contributed by atoms with Crippen molar-refractivity contribution in [3.05, 3.63) is 120 Å². The lowest BCUT2D eigenvalue weighted by atomic mass is 9.85. The van der Waals surface area contributed by atoms with E-state index in [0.717, 1.165) is 24.2 Å². The molecule has 4 aromatic rings. The van der Waals surface area contributed by atoms with Crippen LogP contribution >= 0.6 is 8.38 Å². The summed E-state index contributed by atoms with van der Waals surface area (Å²) in [4.78, 5) is 0. The molecule has 39 heavy (non-hydrogen) atoms. The van der Waals surface area contributed by atoms with Crippen molar-refractivity contribution in [2.24, 2.45) is 0 Å². The van der Waals surface area contributed by atoms with Gasteiger partial charge in [0.1, 0.15) is 5.75 Å². The lowest BCUT2D eigenvalue weighted by Gasteiger charge is -2.33. The number of para-hydroxylation sites is 1. The second-order valence-corrected chi connectivity index (χ2v) is 12.2. The van der Waals surface area contributed by atoms with E-state index in [9.17, 15) is 0 Å². The maximum Gasteiger partial charge on any atom is 0.265 e. The highest BCUT2D eigenvalue weighted by molar-refractivity contribution is 7.57. The molecule has 1 aliphatic rings. The summed E-state index contributed by atoms with van der Waals surface area (Å²) in [6, 6.07) is 38.9. The van der Waals surface area contributed by atoms with Crippen LogP contribution in [0.25, 0.3) is 11.1 Å². The predicted molar refractivity (Wildman–Crippen MR) is 166 cm³/mol. The van der Waals surface area contributed by atoms with Gasteiger partial charge in [0.05, 0.1) is 11.4 Å². The van der Waals surface area contributed by atoms with Gasteiger partial charge in [0.15, 0.2) is 0 Å². The van der Waals surface area contributed by atoms with Crippen molar-refractivity contribution in [1.82, 2.24) is 0 Å². The summed E-state index contributed by atoms with van der Waals surface area (Å²) in [7, 11) is -1.23. The van der Waals surface area contributed by atoms with Crippen molar-refractivity contribution in [3.8, 4) is 16.9 Å². The van der Waals surface area contributed by atoms with Crippen LogP contribution in [-0.2, 0) is 4.52 Å². The smallest absolute Gasteiger partial charge is 0.265 e. The molecular weight excluding hydrogens is 495 g/mol. The molecule has 1 aliphatic heterocycles. The molecule has 0 spiro atoms. The summed E-state index contributed by atoms with van der Waals surface area (Å²) in [5.41, 5.74) is 5.19. The maximum absolute atomic E-state index is 7.09. The molecule has 5 rings (SSSR count). The van der Waals surface area contributed by atoms with Crippen LogP contribution in [0.4, 0.5) is 0 Å². The number of fused-ring (bicyclic) bond motifs is 3. The summed E-state index contributed by atoms with van der Waals surface area (Å²) in [6.45, 7) is 4.62. The van der Waals surface area contributed by atoms with Crippen LogP contribution in [0.3, 0.4) is 0 Å². The van der Waals surface area contributed by atoms with Gasteiger partial charge >= 0.3 is 0 Å². The first-order valence-electron chi connectivity index (χ1n) is 14.7. The summed E-state index contributed by atoms with van der Waals surface area (Å²) in [6.07, 6.45) is 8.37. The second kappa shape index (κ2) is 13.9. The Morgan fingerprint density at radius 1 is 0.667 bits per heavy atom. The number of hydrogen-bond acceptors (Lipinski definition) is 2. The Morgan fingerprint density at radius 2 is 1.31 bits per heavy atom. The minimum atomic E-state index is -1.23. The minimum Gasteiger partial charge on any atom is -0.443 e. The predicted octanol–water partition coefficient (Wildman–Crippen LogP) is 10.4. The van der Waals surface area contributed by atoms with Crippen LogP contribution in [0.15, 0.2) is 109 Å².